The Hall–Kier alpha value is -2.23. The van der Waals surface area contributed by atoms with E-state index in [1.807, 2.05) is 26.8 Å². The van der Waals surface area contributed by atoms with E-state index in [1.54, 1.807) is 19.1 Å². The molecule has 0 spiro atoms. The maximum atomic E-state index is 12.2. The van der Waals surface area contributed by atoms with E-state index in [0.717, 1.165) is 22.6 Å². The second kappa shape index (κ2) is 5.41. The molecule has 2 rings (SSSR count). The molecule has 0 aliphatic heterocycles. The van der Waals surface area contributed by atoms with Crippen LogP contribution in [0, 0.1) is 20.8 Å². The number of aryl methyl sites for hydroxylation is 3. The van der Waals surface area contributed by atoms with E-state index in [-0.39, 0.29) is 17.7 Å². The summed E-state index contributed by atoms with van der Waals surface area (Å²) >= 11 is 0. The summed E-state index contributed by atoms with van der Waals surface area (Å²) in [4.78, 5) is 12.2. The van der Waals surface area contributed by atoms with E-state index in [1.165, 1.54) is 6.07 Å². The SMILES string of the molecule is Cc1cc(C(C)NC(=O)c2ccc(C)c(O)c2)c(C)o1. The number of phenols is 1. The van der Waals surface area contributed by atoms with Crippen molar-refractivity contribution in [1.29, 1.82) is 0 Å². The lowest BCUT2D eigenvalue weighted by Gasteiger charge is -2.13. The van der Waals surface area contributed by atoms with E-state index >= 15 is 0 Å². The van der Waals surface area contributed by atoms with Crippen LogP contribution in [0.1, 0.15) is 46.0 Å². The molecular formula is C16H19NO3. The third-order valence-electron chi connectivity index (χ3n) is 3.36. The molecule has 0 radical (unpaired) electrons. The molecule has 1 aromatic heterocycles. The highest BCUT2D eigenvalue weighted by Crippen LogP contribution is 2.22. The molecular weight excluding hydrogens is 254 g/mol. The number of aromatic hydroxyl groups is 1. The van der Waals surface area contributed by atoms with Crippen LogP contribution in [0.15, 0.2) is 28.7 Å². The third-order valence-corrected chi connectivity index (χ3v) is 3.36. The minimum Gasteiger partial charge on any atom is -0.508 e. The minimum absolute atomic E-state index is 0.126. The maximum absolute atomic E-state index is 12.2. The van der Waals surface area contributed by atoms with Gasteiger partial charge >= 0.3 is 0 Å². The summed E-state index contributed by atoms with van der Waals surface area (Å²) in [6, 6.07) is 6.67. The van der Waals surface area contributed by atoms with Crippen LogP contribution in [-0.2, 0) is 0 Å². The van der Waals surface area contributed by atoms with Crippen LogP contribution in [-0.4, -0.2) is 11.0 Å². The molecule has 0 aliphatic carbocycles. The molecule has 0 aliphatic rings. The molecule has 0 bridgehead atoms. The molecule has 1 atom stereocenters. The van der Waals surface area contributed by atoms with Crippen molar-refractivity contribution < 1.29 is 14.3 Å². The van der Waals surface area contributed by atoms with Gasteiger partial charge in [-0.1, -0.05) is 6.07 Å². The largest absolute Gasteiger partial charge is 0.508 e. The van der Waals surface area contributed by atoms with Crippen molar-refractivity contribution in [3.8, 4) is 5.75 Å². The van der Waals surface area contributed by atoms with Crippen LogP contribution < -0.4 is 5.32 Å². The zero-order valence-electron chi connectivity index (χ0n) is 12.2. The molecule has 4 nitrogen and oxygen atoms in total. The quantitative estimate of drug-likeness (QED) is 0.901. The normalized spacial score (nSPS) is 12.2. The first kappa shape index (κ1) is 14.2. The van der Waals surface area contributed by atoms with Crippen LogP contribution in [0.2, 0.25) is 0 Å². The first-order valence-corrected chi connectivity index (χ1v) is 6.56. The van der Waals surface area contributed by atoms with Crippen molar-refractivity contribution in [2.24, 2.45) is 0 Å². The fraction of sp³-hybridized carbons (Fsp3) is 0.312. The summed E-state index contributed by atoms with van der Waals surface area (Å²) in [5.74, 6) is 1.54. The van der Waals surface area contributed by atoms with Gasteiger partial charge in [0.05, 0.1) is 6.04 Å². The number of hydrogen-bond donors (Lipinski definition) is 2. The van der Waals surface area contributed by atoms with E-state index in [9.17, 15) is 9.90 Å². The van der Waals surface area contributed by atoms with E-state index in [0.29, 0.717) is 5.56 Å². The van der Waals surface area contributed by atoms with Crippen molar-refractivity contribution in [2.45, 2.75) is 33.7 Å². The highest BCUT2D eigenvalue weighted by atomic mass is 16.3. The van der Waals surface area contributed by atoms with Crippen molar-refractivity contribution in [3.05, 3.63) is 52.5 Å². The monoisotopic (exact) mass is 273 g/mol. The molecule has 1 heterocycles. The lowest BCUT2D eigenvalue weighted by molar-refractivity contribution is 0.0939. The highest BCUT2D eigenvalue weighted by Gasteiger charge is 2.16. The van der Waals surface area contributed by atoms with Crippen molar-refractivity contribution in [3.63, 3.8) is 0 Å². The number of rotatable bonds is 3. The Balaban J connectivity index is 2.15. The molecule has 0 saturated heterocycles. The van der Waals surface area contributed by atoms with E-state index in [2.05, 4.69) is 5.32 Å². The zero-order chi connectivity index (χ0) is 14.9. The Morgan fingerprint density at radius 3 is 2.50 bits per heavy atom. The Morgan fingerprint density at radius 2 is 1.95 bits per heavy atom. The minimum atomic E-state index is -0.217. The predicted octanol–water partition coefficient (Wildman–Crippen LogP) is 3.40. The molecule has 2 N–H and O–H groups in total. The predicted molar refractivity (Wildman–Crippen MR) is 76.9 cm³/mol. The molecule has 4 heteroatoms. The van der Waals surface area contributed by atoms with Crippen LogP contribution in [0.4, 0.5) is 0 Å². The number of nitrogens with one attached hydrogen (secondary N) is 1. The summed E-state index contributed by atoms with van der Waals surface area (Å²) in [5, 5.41) is 12.6. The van der Waals surface area contributed by atoms with Gasteiger partial charge in [-0.05, 0) is 51.5 Å². The fourth-order valence-electron chi connectivity index (χ4n) is 2.19. The van der Waals surface area contributed by atoms with Crippen LogP contribution in [0.25, 0.3) is 0 Å². The van der Waals surface area contributed by atoms with Gasteiger partial charge in [0.1, 0.15) is 17.3 Å². The zero-order valence-corrected chi connectivity index (χ0v) is 12.2. The molecule has 1 unspecified atom stereocenters. The van der Waals surface area contributed by atoms with Gasteiger partial charge in [-0.25, -0.2) is 0 Å². The van der Waals surface area contributed by atoms with Gasteiger partial charge in [-0.2, -0.15) is 0 Å². The van der Waals surface area contributed by atoms with Crippen molar-refractivity contribution in [1.82, 2.24) is 5.32 Å². The lowest BCUT2D eigenvalue weighted by atomic mass is 10.1. The summed E-state index contributed by atoms with van der Waals surface area (Å²) in [6.07, 6.45) is 0. The topological polar surface area (TPSA) is 62.5 Å². The molecule has 1 amide bonds. The van der Waals surface area contributed by atoms with Crippen LogP contribution in [0.5, 0.6) is 5.75 Å². The maximum Gasteiger partial charge on any atom is 0.251 e. The highest BCUT2D eigenvalue weighted by molar-refractivity contribution is 5.94. The average Bonchev–Trinajstić information content (AvgIpc) is 2.71. The van der Waals surface area contributed by atoms with Gasteiger partial charge in [0.2, 0.25) is 0 Å². The lowest BCUT2D eigenvalue weighted by Crippen LogP contribution is -2.26. The van der Waals surface area contributed by atoms with Crippen molar-refractivity contribution >= 4 is 5.91 Å². The van der Waals surface area contributed by atoms with Gasteiger partial charge in [-0.3, -0.25) is 4.79 Å². The number of furan rings is 1. The number of phenolic OH excluding ortho intramolecular Hbond substituents is 1. The third kappa shape index (κ3) is 2.85. The number of carbonyl (C=O) groups excluding carboxylic acids is 1. The molecule has 2 aromatic rings. The molecule has 1 aromatic carbocycles. The summed E-state index contributed by atoms with van der Waals surface area (Å²) < 4.78 is 5.47. The summed E-state index contributed by atoms with van der Waals surface area (Å²) in [5.41, 5.74) is 2.15. The molecule has 0 saturated carbocycles. The molecule has 20 heavy (non-hydrogen) atoms. The second-order valence-corrected chi connectivity index (χ2v) is 5.06. The molecule has 106 valence electrons. The Kier molecular flexibility index (Phi) is 3.84. The second-order valence-electron chi connectivity index (χ2n) is 5.06. The summed E-state index contributed by atoms with van der Waals surface area (Å²) in [6.45, 7) is 7.45. The smallest absolute Gasteiger partial charge is 0.251 e. The summed E-state index contributed by atoms with van der Waals surface area (Å²) in [7, 11) is 0. The number of amides is 1. The van der Waals surface area contributed by atoms with Crippen molar-refractivity contribution in [2.75, 3.05) is 0 Å². The first-order chi connectivity index (χ1) is 9.38. The van der Waals surface area contributed by atoms with Gasteiger partial charge in [-0.15, -0.1) is 0 Å². The van der Waals surface area contributed by atoms with Gasteiger partial charge in [0.15, 0.2) is 0 Å². The first-order valence-electron chi connectivity index (χ1n) is 6.56. The Morgan fingerprint density at radius 1 is 1.25 bits per heavy atom. The van der Waals surface area contributed by atoms with E-state index < -0.39 is 0 Å². The van der Waals surface area contributed by atoms with Gasteiger partial charge in [0.25, 0.3) is 5.91 Å². The Labute approximate surface area is 118 Å². The van der Waals surface area contributed by atoms with Crippen LogP contribution >= 0.6 is 0 Å². The van der Waals surface area contributed by atoms with E-state index in [4.69, 9.17) is 4.42 Å². The van der Waals surface area contributed by atoms with Gasteiger partial charge < -0.3 is 14.8 Å². The van der Waals surface area contributed by atoms with Gasteiger partial charge in [0, 0.05) is 11.1 Å². The standard InChI is InChI=1S/C16H19NO3/c1-9-5-6-13(8-15(9)18)16(19)17-11(3)14-7-10(2)20-12(14)4/h5-8,11,18H,1-4H3,(H,17,19). The Bertz CT molecular complexity index is 643. The number of carbonyl (C=O) groups is 1. The van der Waals surface area contributed by atoms with Crippen LogP contribution in [0.3, 0.4) is 0 Å². The number of hydrogen-bond acceptors (Lipinski definition) is 3. The number of benzene rings is 1. The fourth-order valence-corrected chi connectivity index (χ4v) is 2.19. The molecule has 0 fully saturated rings. The average molecular weight is 273 g/mol.